The van der Waals surface area contributed by atoms with Crippen molar-refractivity contribution in [1.29, 1.82) is 0 Å². The van der Waals surface area contributed by atoms with E-state index in [2.05, 4.69) is 5.32 Å². The lowest BCUT2D eigenvalue weighted by atomic mass is 10.2. The van der Waals surface area contributed by atoms with Gasteiger partial charge in [-0.1, -0.05) is 17.7 Å². The van der Waals surface area contributed by atoms with E-state index in [9.17, 15) is 18.3 Å². The Morgan fingerprint density at radius 2 is 1.85 bits per heavy atom. The van der Waals surface area contributed by atoms with E-state index in [0.717, 1.165) is 4.31 Å². The van der Waals surface area contributed by atoms with Crippen molar-refractivity contribution in [3.8, 4) is 5.75 Å². The van der Waals surface area contributed by atoms with Crippen molar-refractivity contribution >= 4 is 38.9 Å². The Bertz CT molecular complexity index is 916. The highest BCUT2D eigenvalue weighted by atomic mass is 35.5. The normalized spacial score (nSPS) is 11.4. The van der Waals surface area contributed by atoms with Crippen LogP contribution in [0.5, 0.6) is 5.75 Å². The molecular formula is C17H20ClN3O4S. The first kappa shape index (κ1) is 20.0. The number of aromatic hydroxyl groups is 1. The minimum atomic E-state index is -3.59. The van der Waals surface area contributed by atoms with E-state index < -0.39 is 10.0 Å². The van der Waals surface area contributed by atoms with Gasteiger partial charge in [-0.05, 0) is 36.4 Å². The number of nitrogens with zero attached hydrogens (tertiary/aromatic N) is 2. The highest BCUT2D eigenvalue weighted by Crippen LogP contribution is 2.29. The van der Waals surface area contributed by atoms with Crippen molar-refractivity contribution in [1.82, 2.24) is 4.31 Å². The van der Waals surface area contributed by atoms with Gasteiger partial charge in [-0.15, -0.1) is 0 Å². The van der Waals surface area contributed by atoms with E-state index in [0.29, 0.717) is 16.4 Å². The van der Waals surface area contributed by atoms with Gasteiger partial charge >= 0.3 is 0 Å². The minimum Gasteiger partial charge on any atom is -0.506 e. The van der Waals surface area contributed by atoms with Gasteiger partial charge in [0.1, 0.15) is 5.75 Å². The van der Waals surface area contributed by atoms with Crippen LogP contribution >= 0.6 is 11.6 Å². The van der Waals surface area contributed by atoms with Crippen molar-refractivity contribution in [2.45, 2.75) is 4.90 Å². The number of hydrogen-bond acceptors (Lipinski definition) is 5. The van der Waals surface area contributed by atoms with Crippen molar-refractivity contribution in [3.05, 3.63) is 47.5 Å². The average Bonchev–Trinajstić information content (AvgIpc) is 2.56. The summed E-state index contributed by atoms with van der Waals surface area (Å²) in [6, 6.07) is 10.5. The van der Waals surface area contributed by atoms with Gasteiger partial charge in [-0.3, -0.25) is 4.79 Å². The summed E-state index contributed by atoms with van der Waals surface area (Å²) in [7, 11) is 0.924. The lowest BCUT2D eigenvalue weighted by Gasteiger charge is -2.20. The van der Waals surface area contributed by atoms with E-state index in [4.69, 9.17) is 11.6 Å². The molecule has 0 saturated carbocycles. The zero-order valence-corrected chi connectivity index (χ0v) is 16.2. The number of likely N-dealkylation sites (N-methyl/N-ethyl adjacent to an activating group) is 1. The van der Waals surface area contributed by atoms with Crippen LogP contribution < -0.4 is 10.2 Å². The van der Waals surface area contributed by atoms with Crippen LogP contribution in [0.15, 0.2) is 47.4 Å². The van der Waals surface area contributed by atoms with Gasteiger partial charge in [0, 0.05) is 31.9 Å². The lowest BCUT2D eigenvalue weighted by molar-refractivity contribution is -0.114. The van der Waals surface area contributed by atoms with Crippen LogP contribution in [-0.4, -0.2) is 51.4 Å². The Kier molecular flexibility index (Phi) is 6.12. The summed E-state index contributed by atoms with van der Waals surface area (Å²) in [5.74, 6) is -0.366. The van der Waals surface area contributed by atoms with Crippen molar-refractivity contribution in [2.75, 3.05) is 37.9 Å². The number of nitrogens with one attached hydrogen (secondary N) is 1. The van der Waals surface area contributed by atoms with Crippen LogP contribution in [-0.2, 0) is 14.8 Å². The van der Waals surface area contributed by atoms with Gasteiger partial charge in [0.05, 0.1) is 17.1 Å². The van der Waals surface area contributed by atoms with Crippen LogP contribution in [0.2, 0.25) is 5.02 Å². The minimum absolute atomic E-state index is 0.00349. The molecule has 0 aromatic heterocycles. The number of benzene rings is 2. The molecule has 1 amide bonds. The Hall–Kier alpha value is -2.29. The number of hydrogen-bond donors (Lipinski definition) is 2. The molecule has 140 valence electrons. The maximum atomic E-state index is 12.3. The summed E-state index contributed by atoms with van der Waals surface area (Å²) in [6.45, 7) is -0.0570. The molecule has 2 rings (SSSR count). The van der Waals surface area contributed by atoms with Crippen LogP contribution in [0.3, 0.4) is 0 Å². The third-order valence-corrected chi connectivity index (χ3v) is 5.67. The quantitative estimate of drug-likeness (QED) is 0.781. The third-order valence-electron chi connectivity index (χ3n) is 3.63. The molecule has 0 bridgehead atoms. The van der Waals surface area contributed by atoms with Crippen molar-refractivity contribution < 1.29 is 18.3 Å². The van der Waals surface area contributed by atoms with Crippen LogP contribution in [0.25, 0.3) is 0 Å². The number of carbonyl (C=O) groups is 1. The maximum absolute atomic E-state index is 12.3. The second-order valence-corrected chi connectivity index (χ2v) is 8.44. The first-order valence-electron chi connectivity index (χ1n) is 7.63. The van der Waals surface area contributed by atoms with Crippen molar-refractivity contribution in [3.63, 3.8) is 0 Å². The topological polar surface area (TPSA) is 90.0 Å². The average molecular weight is 398 g/mol. The number of sulfonamides is 1. The van der Waals surface area contributed by atoms with Gasteiger partial charge in [0.25, 0.3) is 0 Å². The zero-order chi connectivity index (χ0) is 19.5. The Morgan fingerprint density at radius 3 is 2.50 bits per heavy atom. The molecule has 0 saturated heterocycles. The molecule has 0 unspecified atom stereocenters. The highest BCUT2D eigenvalue weighted by molar-refractivity contribution is 7.89. The first-order chi connectivity index (χ1) is 12.1. The molecular weight excluding hydrogens is 378 g/mol. The molecule has 0 spiro atoms. The van der Waals surface area contributed by atoms with Gasteiger partial charge in [0.2, 0.25) is 15.9 Å². The van der Waals surface area contributed by atoms with E-state index in [1.807, 2.05) is 0 Å². The number of phenols is 1. The van der Waals surface area contributed by atoms with Gasteiger partial charge in [-0.2, -0.15) is 0 Å². The lowest BCUT2D eigenvalue weighted by Crippen LogP contribution is -2.30. The zero-order valence-electron chi connectivity index (χ0n) is 14.6. The third kappa shape index (κ3) is 4.66. The molecule has 0 aliphatic rings. The molecule has 0 atom stereocenters. The van der Waals surface area contributed by atoms with Crippen LogP contribution in [0.4, 0.5) is 11.4 Å². The highest BCUT2D eigenvalue weighted by Gasteiger charge is 2.18. The number of anilines is 2. The predicted octanol–water partition coefficient (Wildman–Crippen LogP) is 2.37. The van der Waals surface area contributed by atoms with E-state index >= 15 is 0 Å². The van der Waals surface area contributed by atoms with E-state index in [1.54, 1.807) is 31.3 Å². The summed E-state index contributed by atoms with van der Waals surface area (Å²) in [5.41, 5.74) is 0.776. The molecule has 0 fully saturated rings. The largest absolute Gasteiger partial charge is 0.506 e. The summed E-state index contributed by atoms with van der Waals surface area (Å²) < 4.78 is 25.4. The Labute approximate surface area is 157 Å². The first-order valence-corrected chi connectivity index (χ1v) is 9.45. The Morgan fingerprint density at radius 1 is 1.15 bits per heavy atom. The standard InChI is InChI=1S/C17H20ClN3O4S/c1-20(2)26(24,25)14-6-4-5-13(10-14)19-17(23)11-21(3)15-9-12(18)7-8-16(15)22/h4-10,22H,11H2,1-3H3,(H,19,23). The van der Waals surface area contributed by atoms with Crippen molar-refractivity contribution in [2.24, 2.45) is 0 Å². The molecule has 26 heavy (non-hydrogen) atoms. The van der Waals surface area contributed by atoms with E-state index in [-0.39, 0.29) is 23.1 Å². The SMILES string of the molecule is CN(CC(=O)Nc1cccc(S(=O)(=O)N(C)C)c1)c1cc(Cl)ccc1O. The summed E-state index contributed by atoms with van der Waals surface area (Å²) in [5, 5.41) is 13.0. The number of halogens is 1. The predicted molar refractivity (Wildman–Crippen MR) is 102 cm³/mol. The smallest absolute Gasteiger partial charge is 0.243 e. The molecule has 2 aromatic carbocycles. The number of phenolic OH excluding ortho intramolecular Hbond substituents is 1. The Balaban J connectivity index is 2.12. The molecule has 0 aliphatic carbocycles. The number of rotatable bonds is 6. The summed E-state index contributed by atoms with van der Waals surface area (Å²) in [4.78, 5) is 13.9. The monoisotopic (exact) mass is 397 g/mol. The maximum Gasteiger partial charge on any atom is 0.243 e. The van der Waals surface area contributed by atoms with Crippen LogP contribution in [0, 0.1) is 0 Å². The molecule has 0 radical (unpaired) electrons. The number of carbonyl (C=O) groups excluding carboxylic acids is 1. The van der Waals surface area contributed by atoms with Gasteiger partial charge in [0.15, 0.2) is 0 Å². The second-order valence-electron chi connectivity index (χ2n) is 5.85. The fraction of sp³-hybridized carbons (Fsp3) is 0.235. The summed E-state index contributed by atoms with van der Waals surface area (Å²) in [6.07, 6.45) is 0. The number of amides is 1. The fourth-order valence-corrected chi connectivity index (χ4v) is 3.36. The molecule has 0 aliphatic heterocycles. The second kappa shape index (κ2) is 7.94. The molecule has 0 heterocycles. The molecule has 2 aromatic rings. The van der Waals surface area contributed by atoms with Gasteiger partial charge < -0.3 is 15.3 Å². The summed E-state index contributed by atoms with van der Waals surface area (Å²) >= 11 is 5.91. The molecule has 2 N–H and O–H groups in total. The fourth-order valence-electron chi connectivity index (χ4n) is 2.25. The van der Waals surface area contributed by atoms with Crippen LogP contribution in [0.1, 0.15) is 0 Å². The molecule has 9 heteroatoms. The molecule has 7 nitrogen and oxygen atoms in total. The van der Waals surface area contributed by atoms with E-state index in [1.165, 1.54) is 37.2 Å². The van der Waals surface area contributed by atoms with Gasteiger partial charge in [-0.25, -0.2) is 12.7 Å².